The van der Waals surface area contributed by atoms with Crippen molar-refractivity contribution in [1.82, 2.24) is 0 Å². The van der Waals surface area contributed by atoms with Gasteiger partial charge in [-0.15, -0.1) is 6.42 Å². The second kappa shape index (κ2) is 4.92. The number of amides is 2. The number of carbonyl (C=O) groups excluding carboxylic acids is 2. The highest BCUT2D eigenvalue weighted by molar-refractivity contribution is 6.34. The second-order valence-electron chi connectivity index (χ2n) is 4.87. The fourth-order valence-corrected chi connectivity index (χ4v) is 2.45. The Bertz CT molecular complexity index is 782. The number of aryl methyl sites for hydroxylation is 1. The fraction of sp³-hybridized carbons (Fsp3) is 0.111. The molecule has 0 radical (unpaired) electrons. The molecule has 1 aliphatic heterocycles. The number of hydrogen-bond donors (Lipinski definition) is 0. The van der Waals surface area contributed by atoms with Crippen molar-refractivity contribution in [2.45, 2.75) is 13.3 Å². The van der Waals surface area contributed by atoms with Gasteiger partial charge in [-0.25, -0.2) is 4.90 Å². The Morgan fingerprint density at radius 2 is 1.67 bits per heavy atom. The van der Waals surface area contributed by atoms with Crippen LogP contribution in [-0.4, -0.2) is 11.8 Å². The predicted octanol–water partition coefficient (Wildman–Crippen LogP) is 3.03. The molecule has 1 heterocycles. The zero-order chi connectivity index (χ0) is 15.0. The zero-order valence-corrected chi connectivity index (χ0v) is 11.6. The van der Waals surface area contributed by atoms with Gasteiger partial charge in [0.15, 0.2) is 0 Å². The molecule has 0 fully saturated rings. The van der Waals surface area contributed by atoms with E-state index < -0.39 is 0 Å². The highest BCUT2D eigenvalue weighted by atomic mass is 16.2. The summed E-state index contributed by atoms with van der Waals surface area (Å²) in [6, 6.07) is 12.3. The first-order chi connectivity index (χ1) is 10.2. The minimum absolute atomic E-state index is 0.303. The minimum Gasteiger partial charge on any atom is -0.268 e. The van der Waals surface area contributed by atoms with Crippen LogP contribution in [0.15, 0.2) is 42.5 Å². The summed E-state index contributed by atoms with van der Waals surface area (Å²) >= 11 is 0. The maximum absolute atomic E-state index is 12.5. The monoisotopic (exact) mass is 275 g/mol. The molecule has 102 valence electrons. The fourth-order valence-electron chi connectivity index (χ4n) is 2.45. The van der Waals surface area contributed by atoms with Crippen LogP contribution in [0.5, 0.6) is 0 Å². The van der Waals surface area contributed by atoms with E-state index in [1.54, 1.807) is 30.3 Å². The van der Waals surface area contributed by atoms with E-state index in [-0.39, 0.29) is 11.8 Å². The van der Waals surface area contributed by atoms with Crippen LogP contribution in [0.3, 0.4) is 0 Å². The average Bonchev–Trinajstić information content (AvgIpc) is 2.78. The molecule has 0 unspecified atom stereocenters. The van der Waals surface area contributed by atoms with Crippen LogP contribution < -0.4 is 4.90 Å². The van der Waals surface area contributed by atoms with Crippen LogP contribution in [0.2, 0.25) is 0 Å². The third-order valence-electron chi connectivity index (χ3n) is 3.66. The molecule has 3 heteroatoms. The number of anilines is 1. The summed E-state index contributed by atoms with van der Waals surface area (Å²) in [6.07, 6.45) is 6.25. The average molecular weight is 275 g/mol. The lowest BCUT2D eigenvalue weighted by Gasteiger charge is -2.14. The molecule has 0 atom stereocenters. The van der Waals surface area contributed by atoms with Gasteiger partial charge in [-0.1, -0.05) is 25.0 Å². The Kier molecular flexibility index (Phi) is 3.08. The molecule has 3 rings (SSSR count). The lowest BCUT2D eigenvalue weighted by molar-refractivity contribution is 0.0926. The maximum Gasteiger partial charge on any atom is 0.266 e. The molecular weight excluding hydrogens is 262 g/mol. The van der Waals surface area contributed by atoms with Gasteiger partial charge < -0.3 is 0 Å². The third-order valence-corrected chi connectivity index (χ3v) is 3.66. The SMILES string of the molecule is C#Cc1ccc2c(c1)C(=O)N(c1ccc(CC)cc1)C2=O. The summed E-state index contributed by atoms with van der Waals surface area (Å²) in [6.45, 7) is 2.05. The van der Waals surface area contributed by atoms with E-state index in [1.165, 1.54) is 4.90 Å². The van der Waals surface area contributed by atoms with Crippen LogP contribution in [0.4, 0.5) is 5.69 Å². The Morgan fingerprint density at radius 1 is 1.00 bits per heavy atom. The predicted molar refractivity (Wildman–Crippen MR) is 81.3 cm³/mol. The van der Waals surface area contributed by atoms with Crippen molar-refractivity contribution in [3.8, 4) is 12.3 Å². The largest absolute Gasteiger partial charge is 0.268 e. The summed E-state index contributed by atoms with van der Waals surface area (Å²) in [5, 5.41) is 0. The number of carbonyl (C=O) groups is 2. The number of nitrogens with zero attached hydrogens (tertiary/aromatic N) is 1. The number of hydrogen-bond acceptors (Lipinski definition) is 2. The van der Waals surface area contributed by atoms with Crippen molar-refractivity contribution in [2.75, 3.05) is 4.90 Å². The number of rotatable bonds is 2. The molecule has 0 bridgehead atoms. The van der Waals surface area contributed by atoms with Crippen molar-refractivity contribution in [3.63, 3.8) is 0 Å². The van der Waals surface area contributed by atoms with E-state index in [0.717, 1.165) is 12.0 Å². The van der Waals surface area contributed by atoms with E-state index in [0.29, 0.717) is 22.4 Å². The van der Waals surface area contributed by atoms with Crippen molar-refractivity contribution < 1.29 is 9.59 Å². The molecule has 2 aromatic carbocycles. The van der Waals surface area contributed by atoms with Gasteiger partial charge in [0.2, 0.25) is 0 Å². The Balaban J connectivity index is 2.04. The van der Waals surface area contributed by atoms with Crippen LogP contribution in [0.25, 0.3) is 0 Å². The van der Waals surface area contributed by atoms with Gasteiger partial charge in [0.25, 0.3) is 11.8 Å². The molecule has 1 aliphatic rings. The standard InChI is InChI=1S/C18H13NO2/c1-3-12-5-8-14(9-6-12)19-17(20)15-10-7-13(4-2)11-16(15)18(19)21/h2,5-11H,3H2,1H3. The topological polar surface area (TPSA) is 37.4 Å². The molecule has 0 saturated heterocycles. The quantitative estimate of drug-likeness (QED) is 0.624. The van der Waals surface area contributed by atoms with E-state index >= 15 is 0 Å². The molecule has 0 N–H and O–H groups in total. The summed E-state index contributed by atoms with van der Waals surface area (Å²) in [5.74, 6) is 1.85. The summed E-state index contributed by atoms with van der Waals surface area (Å²) < 4.78 is 0. The van der Waals surface area contributed by atoms with Gasteiger partial charge in [0.05, 0.1) is 16.8 Å². The van der Waals surface area contributed by atoms with Crippen LogP contribution in [-0.2, 0) is 6.42 Å². The second-order valence-corrected chi connectivity index (χ2v) is 4.87. The Morgan fingerprint density at radius 3 is 2.29 bits per heavy atom. The first-order valence-corrected chi connectivity index (χ1v) is 6.74. The zero-order valence-electron chi connectivity index (χ0n) is 11.6. The van der Waals surface area contributed by atoms with Gasteiger partial charge in [-0.2, -0.15) is 0 Å². The molecule has 0 saturated carbocycles. The van der Waals surface area contributed by atoms with Gasteiger partial charge in [-0.3, -0.25) is 9.59 Å². The minimum atomic E-state index is -0.323. The van der Waals surface area contributed by atoms with E-state index in [1.807, 2.05) is 12.1 Å². The van der Waals surface area contributed by atoms with Crippen molar-refractivity contribution >= 4 is 17.5 Å². The van der Waals surface area contributed by atoms with E-state index in [4.69, 9.17) is 6.42 Å². The van der Waals surface area contributed by atoms with Crippen molar-refractivity contribution in [1.29, 1.82) is 0 Å². The van der Waals surface area contributed by atoms with E-state index in [9.17, 15) is 9.59 Å². The van der Waals surface area contributed by atoms with Gasteiger partial charge >= 0.3 is 0 Å². The van der Waals surface area contributed by atoms with Gasteiger partial charge in [0, 0.05) is 5.56 Å². The smallest absolute Gasteiger partial charge is 0.266 e. The number of fused-ring (bicyclic) bond motifs is 1. The third kappa shape index (κ3) is 2.02. The Hall–Kier alpha value is -2.86. The van der Waals surface area contributed by atoms with E-state index in [2.05, 4.69) is 12.8 Å². The summed E-state index contributed by atoms with van der Waals surface area (Å²) in [7, 11) is 0. The van der Waals surface area contributed by atoms with Crippen LogP contribution >= 0.6 is 0 Å². The molecule has 0 spiro atoms. The molecule has 21 heavy (non-hydrogen) atoms. The molecule has 2 aromatic rings. The normalized spacial score (nSPS) is 13.2. The van der Waals surface area contributed by atoms with Crippen molar-refractivity contribution in [2.24, 2.45) is 0 Å². The van der Waals surface area contributed by atoms with Crippen LogP contribution in [0.1, 0.15) is 38.8 Å². The lowest BCUT2D eigenvalue weighted by atomic mass is 10.1. The molecular formula is C18H13NO2. The van der Waals surface area contributed by atoms with Crippen LogP contribution in [0, 0.1) is 12.3 Å². The lowest BCUT2D eigenvalue weighted by Crippen LogP contribution is -2.29. The maximum atomic E-state index is 12.5. The summed E-state index contributed by atoms with van der Waals surface area (Å²) in [4.78, 5) is 26.1. The molecule has 0 aromatic heterocycles. The molecule has 2 amide bonds. The Labute approximate surface area is 123 Å². The summed E-state index contributed by atoms with van der Waals surface area (Å²) in [5.41, 5.74) is 3.11. The molecule has 3 nitrogen and oxygen atoms in total. The number of benzene rings is 2. The van der Waals surface area contributed by atoms with Crippen molar-refractivity contribution in [3.05, 3.63) is 64.7 Å². The highest BCUT2D eigenvalue weighted by Gasteiger charge is 2.36. The first-order valence-electron chi connectivity index (χ1n) is 6.74. The van der Waals surface area contributed by atoms with Gasteiger partial charge in [-0.05, 0) is 42.3 Å². The molecule has 0 aliphatic carbocycles. The number of terminal acetylenes is 1. The van der Waals surface area contributed by atoms with Gasteiger partial charge in [0.1, 0.15) is 0 Å². The number of imide groups is 1. The first kappa shape index (κ1) is 13.1. The highest BCUT2D eigenvalue weighted by Crippen LogP contribution is 2.29.